The van der Waals surface area contributed by atoms with Gasteiger partial charge >= 0.3 is 0 Å². The van der Waals surface area contributed by atoms with Crippen LogP contribution in [-0.4, -0.2) is 54.6 Å². The van der Waals surface area contributed by atoms with Crippen molar-refractivity contribution in [2.24, 2.45) is 10.3 Å². The Balaban J connectivity index is 1.33. The summed E-state index contributed by atoms with van der Waals surface area (Å²) in [6.45, 7) is 0.555. The van der Waals surface area contributed by atoms with Gasteiger partial charge in [0.2, 0.25) is 5.91 Å². The lowest BCUT2D eigenvalue weighted by Crippen LogP contribution is -2.43. The van der Waals surface area contributed by atoms with Crippen molar-refractivity contribution < 1.29 is 23.9 Å². The Kier molecular flexibility index (Phi) is 4.70. The van der Waals surface area contributed by atoms with Crippen LogP contribution < -0.4 is 19.7 Å². The van der Waals surface area contributed by atoms with Gasteiger partial charge in [-0.15, -0.1) is 0 Å². The fourth-order valence-corrected chi connectivity index (χ4v) is 3.86. The summed E-state index contributed by atoms with van der Waals surface area (Å²) in [4.78, 5) is 39.5. The number of nitrogens with zero attached hydrogens (tertiary/aromatic N) is 4. The summed E-state index contributed by atoms with van der Waals surface area (Å²) in [6, 6.07) is 9.62. The van der Waals surface area contributed by atoms with Crippen molar-refractivity contribution in [3.63, 3.8) is 0 Å². The molecular formula is C20H16ClN5O5. The minimum Gasteiger partial charge on any atom is -0.486 e. The van der Waals surface area contributed by atoms with Gasteiger partial charge in [0.1, 0.15) is 19.8 Å². The summed E-state index contributed by atoms with van der Waals surface area (Å²) in [7, 11) is 0. The van der Waals surface area contributed by atoms with Crippen molar-refractivity contribution >= 4 is 40.7 Å². The third-order valence-corrected chi connectivity index (χ3v) is 5.42. The summed E-state index contributed by atoms with van der Waals surface area (Å²) < 4.78 is 11.0. The number of carbonyl (C=O) groups is 3. The van der Waals surface area contributed by atoms with E-state index in [2.05, 4.69) is 15.7 Å². The summed E-state index contributed by atoms with van der Waals surface area (Å²) in [5, 5.41) is 12.1. The van der Waals surface area contributed by atoms with E-state index in [9.17, 15) is 14.4 Å². The van der Waals surface area contributed by atoms with E-state index in [1.165, 1.54) is 5.01 Å². The number of halogens is 1. The molecule has 0 aromatic heterocycles. The first-order chi connectivity index (χ1) is 15.0. The van der Waals surface area contributed by atoms with Crippen LogP contribution in [0.25, 0.3) is 0 Å². The first-order valence-corrected chi connectivity index (χ1v) is 9.90. The highest BCUT2D eigenvalue weighted by atomic mass is 35.5. The van der Waals surface area contributed by atoms with Crippen LogP contribution in [0.1, 0.15) is 0 Å². The quantitative estimate of drug-likeness (QED) is 0.726. The number of rotatable bonds is 4. The molecule has 0 aliphatic carbocycles. The SMILES string of the molecule is O=C(CN1N=N[C@@H]2C(=O)N(c3ccc4c(c3)OCCO4)C(=O)[C@@H]21)Nc1ccccc1Cl. The van der Waals surface area contributed by atoms with Crippen molar-refractivity contribution in [3.8, 4) is 11.5 Å². The number of nitrogens with one attached hydrogen (secondary N) is 1. The number of fused-ring (bicyclic) bond motifs is 2. The van der Waals surface area contributed by atoms with E-state index in [-0.39, 0.29) is 6.54 Å². The van der Waals surface area contributed by atoms with Crippen molar-refractivity contribution in [3.05, 3.63) is 47.5 Å². The second kappa shape index (κ2) is 7.55. The largest absolute Gasteiger partial charge is 0.486 e. The molecule has 0 bridgehead atoms. The van der Waals surface area contributed by atoms with Gasteiger partial charge < -0.3 is 14.8 Å². The Hall–Kier alpha value is -3.66. The highest BCUT2D eigenvalue weighted by molar-refractivity contribution is 6.33. The molecule has 3 aliphatic rings. The lowest BCUT2D eigenvalue weighted by atomic mass is 10.1. The summed E-state index contributed by atoms with van der Waals surface area (Å²) in [5.74, 6) is -0.455. The lowest BCUT2D eigenvalue weighted by molar-refractivity contribution is -0.123. The highest BCUT2D eigenvalue weighted by Gasteiger charge is 2.55. The number of imide groups is 1. The molecule has 0 radical (unpaired) electrons. The number of hydrogen-bond acceptors (Lipinski definition) is 8. The molecule has 10 nitrogen and oxygen atoms in total. The van der Waals surface area contributed by atoms with Gasteiger partial charge in [-0.3, -0.25) is 19.4 Å². The monoisotopic (exact) mass is 441 g/mol. The number of anilines is 2. The average molecular weight is 442 g/mol. The zero-order valence-corrected chi connectivity index (χ0v) is 16.8. The predicted molar refractivity (Wildman–Crippen MR) is 109 cm³/mol. The molecule has 1 N–H and O–H groups in total. The molecule has 2 aromatic carbocycles. The molecular weight excluding hydrogens is 426 g/mol. The number of ether oxygens (including phenoxy) is 2. The van der Waals surface area contributed by atoms with Crippen LogP contribution in [0.5, 0.6) is 11.5 Å². The van der Waals surface area contributed by atoms with E-state index >= 15 is 0 Å². The van der Waals surface area contributed by atoms with E-state index in [1.54, 1.807) is 42.5 Å². The lowest BCUT2D eigenvalue weighted by Gasteiger charge is -2.22. The van der Waals surface area contributed by atoms with E-state index in [0.717, 1.165) is 4.90 Å². The Bertz CT molecular complexity index is 1120. The van der Waals surface area contributed by atoms with E-state index in [4.69, 9.17) is 21.1 Å². The fraction of sp³-hybridized carbons (Fsp3) is 0.250. The summed E-state index contributed by atoms with van der Waals surface area (Å²) >= 11 is 6.06. The van der Waals surface area contributed by atoms with Gasteiger partial charge in [0, 0.05) is 6.07 Å². The first-order valence-electron chi connectivity index (χ1n) is 9.52. The molecule has 3 amide bonds. The number of carbonyl (C=O) groups excluding carboxylic acids is 3. The van der Waals surface area contributed by atoms with Crippen molar-refractivity contribution in [1.82, 2.24) is 5.01 Å². The second-order valence-corrected chi connectivity index (χ2v) is 7.47. The fourth-order valence-electron chi connectivity index (χ4n) is 3.68. The van der Waals surface area contributed by atoms with Crippen molar-refractivity contribution in [1.29, 1.82) is 0 Å². The zero-order valence-electron chi connectivity index (χ0n) is 16.0. The van der Waals surface area contributed by atoms with E-state index in [1.807, 2.05) is 0 Å². The Morgan fingerprint density at radius 3 is 2.68 bits per heavy atom. The Morgan fingerprint density at radius 1 is 1.10 bits per heavy atom. The van der Waals surface area contributed by atoms with Crippen molar-refractivity contribution in [2.45, 2.75) is 12.1 Å². The number of benzene rings is 2. The predicted octanol–water partition coefficient (Wildman–Crippen LogP) is 2.04. The molecule has 0 spiro atoms. The molecule has 5 rings (SSSR count). The second-order valence-electron chi connectivity index (χ2n) is 7.06. The third-order valence-electron chi connectivity index (χ3n) is 5.10. The standard InChI is InChI=1S/C20H16ClN5O5/c21-12-3-1-2-4-13(12)22-16(27)10-25-18-17(23-24-25)19(28)26(20(18)29)11-5-6-14-15(9-11)31-8-7-30-14/h1-6,9,17-18H,7-8,10H2,(H,22,27)/t17-,18+/m0/s1. The smallest absolute Gasteiger partial charge is 0.263 e. The van der Waals surface area contributed by atoms with Crippen LogP contribution in [-0.2, 0) is 14.4 Å². The van der Waals surface area contributed by atoms with Crippen LogP contribution in [0.3, 0.4) is 0 Å². The molecule has 0 unspecified atom stereocenters. The van der Waals surface area contributed by atoms with Crippen LogP contribution in [0.4, 0.5) is 11.4 Å². The molecule has 1 saturated heterocycles. The van der Waals surface area contributed by atoms with Gasteiger partial charge in [-0.05, 0) is 24.3 Å². The molecule has 2 aromatic rings. The molecule has 1 fully saturated rings. The number of para-hydroxylation sites is 1. The maximum Gasteiger partial charge on any atom is 0.263 e. The van der Waals surface area contributed by atoms with Crippen molar-refractivity contribution in [2.75, 3.05) is 30.0 Å². The van der Waals surface area contributed by atoms with Gasteiger partial charge in [0.25, 0.3) is 11.8 Å². The molecule has 2 atom stereocenters. The van der Waals surface area contributed by atoms with Crippen LogP contribution in [0.2, 0.25) is 5.02 Å². The van der Waals surface area contributed by atoms with E-state index < -0.39 is 29.8 Å². The Morgan fingerprint density at radius 2 is 1.87 bits per heavy atom. The normalized spacial score (nSPS) is 21.5. The highest BCUT2D eigenvalue weighted by Crippen LogP contribution is 2.37. The third kappa shape index (κ3) is 3.34. The Labute approximate surface area is 181 Å². The van der Waals surface area contributed by atoms with Gasteiger partial charge in [-0.25, -0.2) is 4.90 Å². The molecule has 3 heterocycles. The average Bonchev–Trinajstić information content (AvgIpc) is 3.29. The number of amides is 3. The molecule has 11 heteroatoms. The van der Waals surface area contributed by atoms with E-state index in [0.29, 0.717) is 41.1 Å². The van der Waals surface area contributed by atoms with Crippen LogP contribution >= 0.6 is 11.6 Å². The first kappa shape index (κ1) is 19.3. The molecule has 158 valence electrons. The van der Waals surface area contributed by atoms with Gasteiger partial charge in [0.05, 0.1) is 16.4 Å². The maximum atomic E-state index is 13.1. The van der Waals surface area contributed by atoms with Crippen LogP contribution in [0, 0.1) is 0 Å². The van der Waals surface area contributed by atoms with Gasteiger partial charge in [-0.1, -0.05) is 29.0 Å². The van der Waals surface area contributed by atoms with Gasteiger partial charge in [-0.2, -0.15) is 5.11 Å². The topological polar surface area (TPSA) is 113 Å². The molecule has 3 aliphatic heterocycles. The maximum absolute atomic E-state index is 13.1. The summed E-state index contributed by atoms with van der Waals surface area (Å²) in [5.41, 5.74) is 0.790. The molecule has 0 saturated carbocycles. The minimum atomic E-state index is -1.01. The molecule has 31 heavy (non-hydrogen) atoms. The van der Waals surface area contributed by atoms with Crippen LogP contribution in [0.15, 0.2) is 52.8 Å². The van der Waals surface area contributed by atoms with Gasteiger partial charge in [0.15, 0.2) is 23.6 Å². The summed E-state index contributed by atoms with van der Waals surface area (Å²) in [6.07, 6.45) is 0. The minimum absolute atomic E-state index is 0.260. The number of hydrogen-bond donors (Lipinski definition) is 1. The zero-order chi connectivity index (χ0) is 21.5.